The highest BCUT2D eigenvalue weighted by Gasteiger charge is 2.43. The molecular weight excluding hydrogens is 408 g/mol. The smallest absolute Gasteiger partial charge is 0.291 e. The molecule has 2 aromatic carbocycles. The molecule has 7 heteroatoms. The number of ether oxygens (including phenoxy) is 2. The molecule has 4 aromatic rings. The minimum absolute atomic E-state index is 0.0670. The van der Waals surface area contributed by atoms with Gasteiger partial charge in [-0.3, -0.25) is 14.6 Å². The predicted molar refractivity (Wildman–Crippen MR) is 118 cm³/mol. The Kier molecular flexibility index (Phi) is 4.86. The molecule has 0 saturated carbocycles. The van der Waals surface area contributed by atoms with Crippen LogP contribution in [0.25, 0.3) is 11.0 Å². The third-order valence-corrected chi connectivity index (χ3v) is 5.67. The zero-order valence-corrected chi connectivity index (χ0v) is 17.6. The summed E-state index contributed by atoms with van der Waals surface area (Å²) in [5.41, 5.74) is 2.06. The number of carbonyl (C=O) groups excluding carboxylic acids is 1. The van der Waals surface area contributed by atoms with Gasteiger partial charge in [0.1, 0.15) is 5.58 Å². The van der Waals surface area contributed by atoms with Crippen LogP contribution in [0, 0.1) is 0 Å². The summed E-state index contributed by atoms with van der Waals surface area (Å²) in [5, 5.41) is 0.438. The lowest BCUT2D eigenvalue weighted by Gasteiger charge is -2.25. The maximum absolute atomic E-state index is 13.5. The van der Waals surface area contributed by atoms with Gasteiger partial charge in [0, 0.05) is 18.9 Å². The fraction of sp³-hybridized carbons (Fsp3) is 0.160. The Morgan fingerprint density at radius 2 is 1.81 bits per heavy atom. The lowest BCUT2D eigenvalue weighted by molar-refractivity contribution is 0.0714. The van der Waals surface area contributed by atoms with E-state index >= 15 is 0 Å². The summed E-state index contributed by atoms with van der Waals surface area (Å²) >= 11 is 0. The maximum atomic E-state index is 13.5. The summed E-state index contributed by atoms with van der Waals surface area (Å²) in [7, 11) is 3.10. The van der Waals surface area contributed by atoms with Crippen LogP contribution in [-0.4, -0.2) is 30.0 Å². The molecule has 0 fully saturated rings. The molecular formula is C25H20N2O5. The number of benzene rings is 2. The van der Waals surface area contributed by atoms with Crippen LogP contribution in [0.5, 0.6) is 11.5 Å². The number of hydrogen-bond donors (Lipinski definition) is 0. The van der Waals surface area contributed by atoms with Crippen molar-refractivity contribution in [3.63, 3.8) is 0 Å². The fourth-order valence-corrected chi connectivity index (χ4v) is 4.19. The molecule has 2 aromatic heterocycles. The number of amides is 1. The van der Waals surface area contributed by atoms with E-state index in [9.17, 15) is 9.59 Å². The highest BCUT2D eigenvalue weighted by atomic mass is 16.5. The molecule has 160 valence electrons. The number of aromatic nitrogens is 1. The van der Waals surface area contributed by atoms with E-state index < -0.39 is 6.04 Å². The second-order valence-electron chi connectivity index (χ2n) is 7.48. The second kappa shape index (κ2) is 7.85. The number of nitrogens with zero attached hydrogens (tertiary/aromatic N) is 2. The fourth-order valence-electron chi connectivity index (χ4n) is 4.19. The largest absolute Gasteiger partial charge is 0.493 e. The highest BCUT2D eigenvalue weighted by molar-refractivity contribution is 5.99. The van der Waals surface area contributed by atoms with Crippen molar-refractivity contribution in [3.05, 3.63) is 99.7 Å². The van der Waals surface area contributed by atoms with Gasteiger partial charge in [-0.15, -0.1) is 0 Å². The summed E-state index contributed by atoms with van der Waals surface area (Å²) in [4.78, 5) is 32.8. The van der Waals surface area contributed by atoms with Crippen LogP contribution in [0.15, 0.2) is 76.2 Å². The molecule has 7 nitrogen and oxygen atoms in total. The van der Waals surface area contributed by atoms with E-state index in [-0.39, 0.29) is 23.6 Å². The van der Waals surface area contributed by atoms with Gasteiger partial charge in [-0.1, -0.05) is 24.3 Å². The molecule has 0 saturated heterocycles. The zero-order valence-electron chi connectivity index (χ0n) is 17.6. The summed E-state index contributed by atoms with van der Waals surface area (Å²) < 4.78 is 16.8. The molecule has 1 atom stereocenters. The van der Waals surface area contributed by atoms with Crippen molar-refractivity contribution in [2.24, 2.45) is 0 Å². The van der Waals surface area contributed by atoms with Crippen LogP contribution in [-0.2, 0) is 6.54 Å². The summed E-state index contributed by atoms with van der Waals surface area (Å²) in [6.45, 7) is 0.270. The molecule has 0 aliphatic carbocycles. The molecule has 1 aliphatic rings. The van der Waals surface area contributed by atoms with Crippen molar-refractivity contribution in [1.82, 2.24) is 9.88 Å². The minimum Gasteiger partial charge on any atom is -0.493 e. The first kappa shape index (κ1) is 19.8. The number of para-hydroxylation sites is 1. The lowest BCUT2D eigenvalue weighted by Crippen LogP contribution is -2.29. The van der Waals surface area contributed by atoms with Gasteiger partial charge in [-0.05, 0) is 41.5 Å². The monoisotopic (exact) mass is 428 g/mol. The number of rotatable bonds is 5. The highest BCUT2D eigenvalue weighted by Crippen LogP contribution is 2.41. The SMILES string of the molecule is COc1ccc([C@@H]2c3c(oc4ccccc4c3=O)C(=O)N2Cc2cccnc2)cc1OC. The molecule has 0 N–H and O–H groups in total. The molecule has 0 unspecified atom stereocenters. The van der Waals surface area contributed by atoms with Crippen LogP contribution < -0.4 is 14.9 Å². The summed E-state index contributed by atoms with van der Waals surface area (Å²) in [6, 6.07) is 15.4. The van der Waals surface area contributed by atoms with E-state index in [0.29, 0.717) is 28.0 Å². The van der Waals surface area contributed by atoms with Crippen molar-refractivity contribution in [1.29, 1.82) is 0 Å². The number of fused-ring (bicyclic) bond motifs is 2. The third-order valence-electron chi connectivity index (χ3n) is 5.67. The van der Waals surface area contributed by atoms with Crippen molar-refractivity contribution >= 4 is 16.9 Å². The van der Waals surface area contributed by atoms with Gasteiger partial charge < -0.3 is 18.8 Å². The van der Waals surface area contributed by atoms with E-state index in [2.05, 4.69) is 4.98 Å². The molecule has 3 heterocycles. The van der Waals surface area contributed by atoms with Crippen LogP contribution in [0.3, 0.4) is 0 Å². The Morgan fingerprint density at radius 3 is 2.56 bits per heavy atom. The number of pyridine rings is 1. The van der Waals surface area contributed by atoms with Crippen molar-refractivity contribution < 1.29 is 18.7 Å². The third kappa shape index (κ3) is 3.10. The second-order valence-corrected chi connectivity index (χ2v) is 7.48. The van der Waals surface area contributed by atoms with Gasteiger partial charge >= 0.3 is 0 Å². The molecule has 0 bridgehead atoms. The zero-order chi connectivity index (χ0) is 22.2. The molecule has 1 aliphatic heterocycles. The lowest BCUT2D eigenvalue weighted by atomic mass is 9.98. The standard InChI is InChI=1S/C25H20N2O5/c1-30-19-10-9-16(12-20(19)31-2)22-21-23(28)17-7-3-4-8-18(17)32-24(21)25(29)27(22)14-15-6-5-11-26-13-15/h3-13,22H,14H2,1-2H3/t22-/m1/s1. The Hall–Kier alpha value is -4.13. The molecule has 32 heavy (non-hydrogen) atoms. The first-order chi connectivity index (χ1) is 15.6. The topological polar surface area (TPSA) is 81.9 Å². The normalized spacial score (nSPS) is 15.1. The van der Waals surface area contributed by atoms with Gasteiger partial charge in [-0.25, -0.2) is 0 Å². The van der Waals surface area contributed by atoms with Gasteiger partial charge in [0.2, 0.25) is 5.76 Å². The van der Waals surface area contributed by atoms with Crippen LogP contribution >= 0.6 is 0 Å². The van der Waals surface area contributed by atoms with Crippen LogP contribution in [0.4, 0.5) is 0 Å². The Labute approximate surface area is 183 Å². The van der Waals surface area contributed by atoms with Crippen LogP contribution in [0.2, 0.25) is 0 Å². The Balaban J connectivity index is 1.73. The van der Waals surface area contributed by atoms with E-state index in [0.717, 1.165) is 11.1 Å². The van der Waals surface area contributed by atoms with Gasteiger partial charge in [-0.2, -0.15) is 0 Å². The maximum Gasteiger partial charge on any atom is 0.291 e. The van der Waals surface area contributed by atoms with Crippen LogP contribution in [0.1, 0.15) is 33.3 Å². The van der Waals surface area contributed by atoms with Crippen molar-refractivity contribution in [2.75, 3.05) is 14.2 Å². The molecule has 5 rings (SSSR count). The van der Waals surface area contributed by atoms with E-state index in [1.54, 1.807) is 67.9 Å². The molecule has 1 amide bonds. The average Bonchev–Trinajstić information content (AvgIpc) is 3.11. The minimum atomic E-state index is -0.640. The van der Waals surface area contributed by atoms with Gasteiger partial charge in [0.25, 0.3) is 5.91 Å². The predicted octanol–water partition coefficient (Wildman–Crippen LogP) is 3.95. The summed E-state index contributed by atoms with van der Waals surface area (Å²) in [5.74, 6) is 0.798. The van der Waals surface area contributed by atoms with E-state index in [1.165, 1.54) is 0 Å². The quantitative estimate of drug-likeness (QED) is 0.479. The summed E-state index contributed by atoms with van der Waals surface area (Å²) in [6.07, 6.45) is 3.38. The van der Waals surface area contributed by atoms with Crippen molar-refractivity contribution in [2.45, 2.75) is 12.6 Å². The van der Waals surface area contributed by atoms with Gasteiger partial charge in [0.15, 0.2) is 16.9 Å². The van der Waals surface area contributed by atoms with E-state index in [4.69, 9.17) is 13.9 Å². The first-order valence-electron chi connectivity index (χ1n) is 10.1. The molecule has 0 radical (unpaired) electrons. The first-order valence-corrected chi connectivity index (χ1v) is 10.1. The van der Waals surface area contributed by atoms with E-state index in [1.807, 2.05) is 18.2 Å². The Morgan fingerprint density at radius 1 is 1.00 bits per heavy atom. The number of methoxy groups -OCH3 is 2. The number of carbonyl (C=O) groups is 1. The number of hydrogen-bond acceptors (Lipinski definition) is 6. The van der Waals surface area contributed by atoms with Gasteiger partial charge in [0.05, 0.1) is 31.2 Å². The average molecular weight is 428 g/mol. The van der Waals surface area contributed by atoms with Crippen molar-refractivity contribution in [3.8, 4) is 11.5 Å². The Bertz CT molecular complexity index is 1380. The molecule has 0 spiro atoms.